The van der Waals surface area contributed by atoms with Crippen LogP contribution in [0.25, 0.3) is 0 Å². The predicted octanol–water partition coefficient (Wildman–Crippen LogP) is 1.77. The molecule has 0 aromatic carbocycles. The van der Waals surface area contributed by atoms with E-state index in [2.05, 4.69) is 5.32 Å². The molecule has 3 nitrogen and oxygen atoms in total. The first kappa shape index (κ1) is 9.13. The van der Waals surface area contributed by atoms with Gasteiger partial charge in [-0.3, -0.25) is 0 Å². The van der Waals surface area contributed by atoms with Crippen molar-refractivity contribution in [3.05, 3.63) is 17.9 Å². The van der Waals surface area contributed by atoms with Gasteiger partial charge < -0.3 is 14.8 Å². The number of hydrogen-bond donors (Lipinski definition) is 2. The van der Waals surface area contributed by atoms with Gasteiger partial charge in [0, 0.05) is 6.07 Å². The van der Waals surface area contributed by atoms with Crippen molar-refractivity contribution in [3.8, 4) is 0 Å². The van der Waals surface area contributed by atoms with E-state index in [1.807, 2.05) is 32.9 Å². The first-order valence-electron chi connectivity index (χ1n) is 3.99. The van der Waals surface area contributed by atoms with Crippen molar-refractivity contribution in [2.45, 2.75) is 26.3 Å². The lowest BCUT2D eigenvalue weighted by molar-refractivity contribution is 0.232. The average Bonchev–Trinajstić information content (AvgIpc) is 2.35. The standard InChI is InChI=1S/C9H15NO2/c1-7-4-5-8(12-7)10-9(2,3)6-11/h4-5,10-11H,6H2,1-3H3. The molecule has 0 aliphatic carbocycles. The molecule has 0 saturated heterocycles. The van der Waals surface area contributed by atoms with Gasteiger partial charge in [0.1, 0.15) is 5.76 Å². The molecule has 12 heavy (non-hydrogen) atoms. The van der Waals surface area contributed by atoms with E-state index in [9.17, 15) is 0 Å². The smallest absolute Gasteiger partial charge is 0.193 e. The first-order valence-corrected chi connectivity index (χ1v) is 3.99. The number of rotatable bonds is 3. The highest BCUT2D eigenvalue weighted by Gasteiger charge is 2.16. The van der Waals surface area contributed by atoms with Crippen LogP contribution in [-0.4, -0.2) is 17.3 Å². The third-order valence-corrected chi connectivity index (χ3v) is 1.60. The van der Waals surface area contributed by atoms with Crippen LogP contribution in [0.2, 0.25) is 0 Å². The highest BCUT2D eigenvalue weighted by Crippen LogP contribution is 2.17. The van der Waals surface area contributed by atoms with Crippen LogP contribution in [0.5, 0.6) is 0 Å². The van der Waals surface area contributed by atoms with E-state index in [0.717, 1.165) is 5.76 Å². The predicted molar refractivity (Wildman–Crippen MR) is 48.2 cm³/mol. The fraction of sp³-hybridized carbons (Fsp3) is 0.556. The van der Waals surface area contributed by atoms with Crippen LogP contribution in [0.4, 0.5) is 5.88 Å². The Morgan fingerprint density at radius 3 is 2.58 bits per heavy atom. The summed E-state index contributed by atoms with van der Waals surface area (Å²) in [5.41, 5.74) is -0.329. The number of anilines is 1. The molecule has 0 unspecified atom stereocenters. The summed E-state index contributed by atoms with van der Waals surface area (Å²) in [5.74, 6) is 1.57. The maximum atomic E-state index is 8.96. The van der Waals surface area contributed by atoms with Crippen LogP contribution in [0, 0.1) is 6.92 Å². The Balaban J connectivity index is 2.63. The van der Waals surface area contributed by atoms with Crippen molar-refractivity contribution in [1.82, 2.24) is 0 Å². The third kappa shape index (κ3) is 2.27. The van der Waals surface area contributed by atoms with E-state index < -0.39 is 0 Å². The molecule has 0 aliphatic rings. The Bertz CT molecular complexity index is 253. The zero-order chi connectivity index (χ0) is 9.19. The second-order valence-corrected chi connectivity index (χ2v) is 3.58. The van der Waals surface area contributed by atoms with E-state index in [-0.39, 0.29) is 12.1 Å². The van der Waals surface area contributed by atoms with Crippen LogP contribution < -0.4 is 5.32 Å². The summed E-state index contributed by atoms with van der Waals surface area (Å²) in [7, 11) is 0. The highest BCUT2D eigenvalue weighted by molar-refractivity contribution is 5.34. The summed E-state index contributed by atoms with van der Waals surface area (Å²) in [4.78, 5) is 0. The van der Waals surface area contributed by atoms with Crippen LogP contribution in [0.15, 0.2) is 16.5 Å². The van der Waals surface area contributed by atoms with Gasteiger partial charge in [-0.1, -0.05) is 0 Å². The molecule has 0 saturated carbocycles. The quantitative estimate of drug-likeness (QED) is 0.724. The number of aliphatic hydroxyl groups is 1. The van der Waals surface area contributed by atoms with Crippen LogP contribution >= 0.6 is 0 Å². The minimum absolute atomic E-state index is 0.0761. The zero-order valence-electron chi connectivity index (χ0n) is 7.72. The maximum absolute atomic E-state index is 8.96. The molecule has 0 bridgehead atoms. The Kier molecular flexibility index (Phi) is 2.43. The minimum Gasteiger partial charge on any atom is -0.446 e. The third-order valence-electron chi connectivity index (χ3n) is 1.60. The molecule has 0 radical (unpaired) electrons. The van der Waals surface area contributed by atoms with Gasteiger partial charge in [-0.15, -0.1) is 0 Å². The van der Waals surface area contributed by atoms with Crippen molar-refractivity contribution < 1.29 is 9.52 Å². The Labute approximate surface area is 72.4 Å². The second-order valence-electron chi connectivity index (χ2n) is 3.58. The van der Waals surface area contributed by atoms with E-state index in [1.54, 1.807) is 0 Å². The van der Waals surface area contributed by atoms with E-state index in [1.165, 1.54) is 0 Å². The number of furan rings is 1. The largest absolute Gasteiger partial charge is 0.446 e. The molecule has 1 aromatic heterocycles. The van der Waals surface area contributed by atoms with Gasteiger partial charge in [0.05, 0.1) is 12.1 Å². The molecule has 1 rings (SSSR count). The van der Waals surface area contributed by atoms with Crippen molar-refractivity contribution in [3.63, 3.8) is 0 Å². The summed E-state index contributed by atoms with van der Waals surface area (Å²) >= 11 is 0. The van der Waals surface area contributed by atoms with Crippen molar-refractivity contribution in [2.24, 2.45) is 0 Å². The molecule has 1 heterocycles. The fourth-order valence-corrected chi connectivity index (χ4v) is 0.875. The molecule has 1 aromatic rings. The van der Waals surface area contributed by atoms with E-state index >= 15 is 0 Å². The number of hydrogen-bond acceptors (Lipinski definition) is 3. The summed E-state index contributed by atoms with van der Waals surface area (Å²) in [6, 6.07) is 3.74. The SMILES string of the molecule is Cc1ccc(NC(C)(C)CO)o1. The molecular weight excluding hydrogens is 154 g/mol. The molecular formula is C9H15NO2. The lowest BCUT2D eigenvalue weighted by Crippen LogP contribution is -2.34. The lowest BCUT2D eigenvalue weighted by Gasteiger charge is -2.22. The lowest BCUT2D eigenvalue weighted by atomic mass is 10.1. The second kappa shape index (κ2) is 3.19. The minimum atomic E-state index is -0.329. The average molecular weight is 169 g/mol. The molecule has 0 aliphatic heterocycles. The van der Waals surface area contributed by atoms with Gasteiger partial charge in [-0.2, -0.15) is 0 Å². The highest BCUT2D eigenvalue weighted by atomic mass is 16.4. The van der Waals surface area contributed by atoms with Gasteiger partial charge in [0.25, 0.3) is 0 Å². The van der Waals surface area contributed by atoms with E-state index in [4.69, 9.17) is 9.52 Å². The number of nitrogens with one attached hydrogen (secondary N) is 1. The Morgan fingerprint density at radius 2 is 2.17 bits per heavy atom. The van der Waals surface area contributed by atoms with Gasteiger partial charge in [-0.25, -0.2) is 0 Å². The molecule has 2 N–H and O–H groups in total. The fourth-order valence-electron chi connectivity index (χ4n) is 0.875. The molecule has 0 atom stereocenters. The first-order chi connectivity index (χ1) is 5.53. The number of aryl methyl sites for hydroxylation is 1. The zero-order valence-corrected chi connectivity index (χ0v) is 7.72. The van der Waals surface area contributed by atoms with Gasteiger partial charge >= 0.3 is 0 Å². The van der Waals surface area contributed by atoms with Crippen LogP contribution in [0.1, 0.15) is 19.6 Å². The maximum Gasteiger partial charge on any atom is 0.193 e. The summed E-state index contributed by atoms with van der Waals surface area (Å²) in [6.45, 7) is 5.78. The van der Waals surface area contributed by atoms with Crippen LogP contribution in [-0.2, 0) is 0 Å². The topological polar surface area (TPSA) is 45.4 Å². The Morgan fingerprint density at radius 1 is 1.50 bits per heavy atom. The molecule has 3 heteroatoms. The number of aliphatic hydroxyl groups excluding tert-OH is 1. The van der Waals surface area contributed by atoms with Gasteiger partial charge in [0.2, 0.25) is 0 Å². The van der Waals surface area contributed by atoms with E-state index in [0.29, 0.717) is 5.88 Å². The Hall–Kier alpha value is -0.960. The molecule has 0 spiro atoms. The molecule has 68 valence electrons. The van der Waals surface area contributed by atoms with Gasteiger partial charge in [-0.05, 0) is 26.8 Å². The van der Waals surface area contributed by atoms with Crippen molar-refractivity contribution in [1.29, 1.82) is 0 Å². The van der Waals surface area contributed by atoms with Crippen molar-refractivity contribution in [2.75, 3.05) is 11.9 Å². The van der Waals surface area contributed by atoms with Crippen molar-refractivity contribution >= 4 is 5.88 Å². The van der Waals surface area contributed by atoms with Crippen LogP contribution in [0.3, 0.4) is 0 Å². The monoisotopic (exact) mass is 169 g/mol. The van der Waals surface area contributed by atoms with Gasteiger partial charge in [0.15, 0.2) is 5.88 Å². The summed E-state index contributed by atoms with van der Waals surface area (Å²) in [5, 5.41) is 12.0. The summed E-state index contributed by atoms with van der Waals surface area (Å²) < 4.78 is 5.30. The normalized spacial score (nSPS) is 11.7. The molecule has 0 fully saturated rings. The summed E-state index contributed by atoms with van der Waals surface area (Å²) in [6.07, 6.45) is 0. The molecule has 0 amide bonds.